The molecule has 3 aromatic carbocycles. The Morgan fingerprint density at radius 2 is 1.71 bits per heavy atom. The molecule has 0 spiro atoms. The van der Waals surface area contributed by atoms with Crippen molar-refractivity contribution in [2.24, 2.45) is 5.16 Å². The topological polar surface area (TPSA) is 69.6 Å². The molecule has 7 nitrogen and oxygen atoms in total. The summed E-state index contributed by atoms with van der Waals surface area (Å²) in [4.78, 5) is 23.2. The molecule has 0 fully saturated rings. The number of nitrogens with zero attached hydrogens (tertiary/aromatic N) is 2. The predicted molar refractivity (Wildman–Crippen MR) is 132 cm³/mol. The van der Waals surface area contributed by atoms with Gasteiger partial charge in [0.1, 0.15) is 31.0 Å². The van der Waals surface area contributed by atoms with Crippen LogP contribution in [0.3, 0.4) is 0 Å². The number of allylic oxidation sites excluding steroid dienone is 1. The summed E-state index contributed by atoms with van der Waals surface area (Å²) in [5, 5.41) is 5.13. The summed E-state index contributed by atoms with van der Waals surface area (Å²) in [5.74, 6) is 0.0547. The van der Waals surface area contributed by atoms with Gasteiger partial charge in [0.05, 0.1) is 19.1 Å². The lowest BCUT2D eigenvalue weighted by Gasteiger charge is -2.23. The van der Waals surface area contributed by atoms with Crippen molar-refractivity contribution in [2.45, 2.75) is 20.5 Å². The number of ether oxygens (including phenoxy) is 2. The fraction of sp³-hybridized carbons (Fsp3) is 0.185. The van der Waals surface area contributed by atoms with Gasteiger partial charge in [-0.3, -0.25) is 4.84 Å². The highest BCUT2D eigenvalue weighted by Crippen LogP contribution is 2.28. The average Bonchev–Trinajstić information content (AvgIpc) is 2.85. The quantitative estimate of drug-likeness (QED) is 0.209. The van der Waals surface area contributed by atoms with E-state index in [-0.39, 0.29) is 12.4 Å². The molecule has 3 aromatic rings. The second-order valence-corrected chi connectivity index (χ2v) is 7.48. The smallest absolute Gasteiger partial charge is 0.444 e. The minimum Gasteiger partial charge on any atom is -0.496 e. The van der Waals surface area contributed by atoms with Crippen LogP contribution < -0.4 is 9.80 Å². The lowest BCUT2D eigenvalue weighted by molar-refractivity contribution is 0.133. The highest BCUT2D eigenvalue weighted by Gasteiger charge is 2.23. The van der Waals surface area contributed by atoms with E-state index in [2.05, 4.69) is 5.16 Å². The fourth-order valence-electron chi connectivity index (χ4n) is 3.38. The molecule has 3 rings (SSSR count). The van der Waals surface area contributed by atoms with Gasteiger partial charge in [0.15, 0.2) is 0 Å². The van der Waals surface area contributed by atoms with Crippen molar-refractivity contribution < 1.29 is 28.3 Å². The monoisotopic (exact) mass is 478 g/mol. The zero-order valence-electron chi connectivity index (χ0n) is 20.0. The summed E-state index contributed by atoms with van der Waals surface area (Å²) >= 11 is 0. The minimum absolute atomic E-state index is 0.135. The molecule has 0 heterocycles. The molecule has 0 aliphatic rings. The molecule has 0 radical (unpaired) electrons. The molecule has 8 heteroatoms. The number of halogens is 1. The van der Waals surface area contributed by atoms with Gasteiger partial charge in [-0.2, -0.15) is 5.06 Å². The van der Waals surface area contributed by atoms with Crippen LogP contribution in [0.5, 0.6) is 5.75 Å². The number of aryl methyl sites for hydroxylation is 1. The largest absolute Gasteiger partial charge is 0.496 e. The molecule has 0 aromatic heterocycles. The van der Waals surface area contributed by atoms with Crippen LogP contribution in [0.4, 0.5) is 14.9 Å². The predicted octanol–water partition coefficient (Wildman–Crippen LogP) is 6.17. The molecule has 35 heavy (non-hydrogen) atoms. The second-order valence-electron chi connectivity index (χ2n) is 7.48. The first kappa shape index (κ1) is 25.5. The van der Waals surface area contributed by atoms with Gasteiger partial charge in [-0.05, 0) is 55.8 Å². The maximum atomic E-state index is 13.3. The van der Waals surface area contributed by atoms with Crippen LogP contribution in [0, 0.1) is 12.7 Å². The van der Waals surface area contributed by atoms with Crippen LogP contribution in [0.25, 0.3) is 0 Å². The lowest BCUT2D eigenvalue weighted by atomic mass is 10.0. The summed E-state index contributed by atoms with van der Waals surface area (Å²) in [6.07, 6.45) is 0.846. The summed E-state index contributed by atoms with van der Waals surface area (Å²) in [6, 6.07) is 20.2. The zero-order chi connectivity index (χ0) is 25.2. The maximum absolute atomic E-state index is 13.3. The first-order valence-corrected chi connectivity index (χ1v) is 10.8. The first-order chi connectivity index (χ1) is 16.9. The number of oxime groups is 1. The molecular weight excluding hydrogens is 451 g/mol. The molecule has 0 aliphatic carbocycles. The molecule has 182 valence electrons. The number of hydrogen-bond donors (Lipinski definition) is 0. The number of anilines is 1. The lowest BCUT2D eigenvalue weighted by Crippen LogP contribution is -2.34. The van der Waals surface area contributed by atoms with Gasteiger partial charge in [0.25, 0.3) is 0 Å². The Morgan fingerprint density at radius 1 is 1.00 bits per heavy atom. The SMILES string of the molecule is CO/N=C(/C(C)=C/OCc1cccc(C)c1N(OC)C(=O)Oc1ccccc1)c1ccc(F)cc1. The number of carbonyl (C=O) groups is 1. The van der Waals surface area contributed by atoms with E-state index in [4.69, 9.17) is 19.1 Å². The van der Waals surface area contributed by atoms with Gasteiger partial charge in [0, 0.05) is 16.7 Å². The molecule has 0 saturated carbocycles. The average molecular weight is 479 g/mol. The van der Waals surface area contributed by atoms with Crippen molar-refractivity contribution in [3.63, 3.8) is 0 Å². The molecule has 0 bridgehead atoms. The van der Waals surface area contributed by atoms with Crippen molar-refractivity contribution in [3.8, 4) is 5.75 Å². The third-order valence-corrected chi connectivity index (χ3v) is 4.99. The van der Waals surface area contributed by atoms with E-state index < -0.39 is 6.09 Å². The van der Waals surface area contributed by atoms with Crippen LogP contribution in [-0.2, 0) is 21.0 Å². The Bertz CT molecular complexity index is 1190. The third-order valence-electron chi connectivity index (χ3n) is 4.99. The molecule has 0 unspecified atom stereocenters. The number of amides is 1. The first-order valence-electron chi connectivity index (χ1n) is 10.8. The van der Waals surface area contributed by atoms with E-state index in [1.807, 2.05) is 31.2 Å². The van der Waals surface area contributed by atoms with Crippen LogP contribution >= 0.6 is 0 Å². The van der Waals surface area contributed by atoms with Crippen LogP contribution in [-0.4, -0.2) is 26.0 Å². The number of para-hydroxylation sites is 2. The Kier molecular flexibility index (Phi) is 8.97. The van der Waals surface area contributed by atoms with Gasteiger partial charge >= 0.3 is 6.09 Å². The van der Waals surface area contributed by atoms with Gasteiger partial charge in [-0.25, -0.2) is 9.18 Å². The van der Waals surface area contributed by atoms with E-state index in [9.17, 15) is 9.18 Å². The van der Waals surface area contributed by atoms with E-state index >= 15 is 0 Å². The van der Waals surface area contributed by atoms with Crippen molar-refractivity contribution >= 4 is 17.5 Å². The van der Waals surface area contributed by atoms with E-state index in [0.29, 0.717) is 33.8 Å². The van der Waals surface area contributed by atoms with E-state index in [1.165, 1.54) is 32.6 Å². The number of hydroxylamine groups is 1. The van der Waals surface area contributed by atoms with E-state index in [0.717, 1.165) is 10.6 Å². The molecule has 1 amide bonds. The Balaban J connectivity index is 1.80. The van der Waals surface area contributed by atoms with Gasteiger partial charge in [-0.1, -0.05) is 41.6 Å². The number of carbonyl (C=O) groups excluding carboxylic acids is 1. The van der Waals surface area contributed by atoms with Crippen molar-refractivity contribution in [3.05, 3.63) is 107 Å². The van der Waals surface area contributed by atoms with E-state index in [1.54, 1.807) is 43.3 Å². The Morgan fingerprint density at radius 3 is 2.37 bits per heavy atom. The molecule has 0 aliphatic heterocycles. The Hall–Kier alpha value is -4.17. The van der Waals surface area contributed by atoms with Crippen LogP contribution in [0.15, 0.2) is 89.8 Å². The highest BCUT2D eigenvalue weighted by molar-refractivity contribution is 6.11. The summed E-state index contributed by atoms with van der Waals surface area (Å²) < 4.78 is 24.6. The highest BCUT2D eigenvalue weighted by atomic mass is 19.1. The van der Waals surface area contributed by atoms with Crippen molar-refractivity contribution in [1.82, 2.24) is 0 Å². The molecule has 0 saturated heterocycles. The molecule has 0 atom stereocenters. The standard InChI is InChI=1S/C27H27FN2O5/c1-19-9-8-10-22(26(19)30(33-4)27(31)35-24-11-6-5-7-12-24)18-34-17-20(2)25(29-32-3)21-13-15-23(28)16-14-21/h5-17H,18H2,1-4H3/b20-17+,29-25-. The minimum atomic E-state index is -0.688. The maximum Gasteiger partial charge on any atom is 0.444 e. The van der Waals surface area contributed by atoms with Gasteiger partial charge in [-0.15, -0.1) is 0 Å². The van der Waals surface area contributed by atoms with Gasteiger partial charge < -0.3 is 14.3 Å². The summed E-state index contributed by atoms with van der Waals surface area (Å²) in [7, 11) is 2.83. The molecular formula is C27H27FN2O5. The summed E-state index contributed by atoms with van der Waals surface area (Å²) in [5.41, 5.74) is 3.86. The van der Waals surface area contributed by atoms with Crippen LogP contribution in [0.1, 0.15) is 23.6 Å². The summed E-state index contributed by atoms with van der Waals surface area (Å²) in [6.45, 7) is 3.80. The van der Waals surface area contributed by atoms with Gasteiger partial charge in [0.2, 0.25) is 0 Å². The third kappa shape index (κ3) is 6.68. The van der Waals surface area contributed by atoms with Crippen molar-refractivity contribution in [1.29, 1.82) is 0 Å². The number of benzene rings is 3. The van der Waals surface area contributed by atoms with Crippen LogP contribution in [0.2, 0.25) is 0 Å². The second kappa shape index (κ2) is 12.3. The fourth-order valence-corrected chi connectivity index (χ4v) is 3.38. The molecule has 0 N–H and O–H groups in total. The number of rotatable bonds is 9. The van der Waals surface area contributed by atoms with Crippen molar-refractivity contribution in [2.75, 3.05) is 19.3 Å². The normalized spacial score (nSPS) is 11.7. The zero-order valence-corrected chi connectivity index (χ0v) is 20.0. The number of hydrogen-bond acceptors (Lipinski definition) is 6. The Labute approximate surface area is 203 Å².